The molecule has 1 amide bonds. The zero-order valence-corrected chi connectivity index (χ0v) is 22.3. The van der Waals surface area contributed by atoms with Crippen molar-refractivity contribution in [2.45, 2.75) is 52.0 Å². The minimum Gasteiger partial charge on any atom is -0.465 e. The summed E-state index contributed by atoms with van der Waals surface area (Å²) in [6.45, 7) is 8.31. The van der Waals surface area contributed by atoms with E-state index in [1.165, 1.54) is 39.9 Å². The van der Waals surface area contributed by atoms with Gasteiger partial charge in [-0.2, -0.15) is 4.99 Å². The molecule has 0 aliphatic carbocycles. The van der Waals surface area contributed by atoms with Crippen molar-refractivity contribution in [1.29, 1.82) is 0 Å². The summed E-state index contributed by atoms with van der Waals surface area (Å²) in [6.07, 6.45) is 1.66. The molecule has 0 fully saturated rings. The highest BCUT2D eigenvalue weighted by atomic mass is 32.2. The maximum absolute atomic E-state index is 13.0. The van der Waals surface area contributed by atoms with Crippen LogP contribution in [0.1, 0.15) is 48.2 Å². The summed E-state index contributed by atoms with van der Waals surface area (Å²) < 4.78 is 34.5. The zero-order valence-electron chi connectivity index (χ0n) is 20.7. The summed E-state index contributed by atoms with van der Waals surface area (Å²) in [7, 11) is -2.08. The number of benzene rings is 2. The number of sulfonamides is 1. The second kappa shape index (κ2) is 11.3. The molecule has 10 heteroatoms. The van der Waals surface area contributed by atoms with E-state index in [9.17, 15) is 18.0 Å². The van der Waals surface area contributed by atoms with Gasteiger partial charge in [0.05, 0.1) is 21.7 Å². The third-order valence-electron chi connectivity index (χ3n) is 5.54. The number of rotatable bonds is 9. The predicted molar refractivity (Wildman–Crippen MR) is 137 cm³/mol. The number of amides is 1. The molecule has 0 aliphatic rings. The van der Waals surface area contributed by atoms with Crippen LogP contribution in [0.25, 0.3) is 10.2 Å². The Kier molecular flexibility index (Phi) is 8.63. The molecule has 0 aliphatic heterocycles. The van der Waals surface area contributed by atoms with Crippen molar-refractivity contribution >= 4 is 43.5 Å². The molecule has 3 aromatic rings. The maximum atomic E-state index is 13.0. The number of nitrogens with zero attached hydrogens (tertiary/aromatic N) is 3. The number of hydrogen-bond acceptors (Lipinski definition) is 6. The van der Waals surface area contributed by atoms with Gasteiger partial charge in [-0.05, 0) is 68.7 Å². The highest BCUT2D eigenvalue weighted by Crippen LogP contribution is 2.24. The quantitative estimate of drug-likeness (QED) is 0.399. The summed E-state index contributed by atoms with van der Waals surface area (Å²) >= 11 is 1.33. The summed E-state index contributed by atoms with van der Waals surface area (Å²) in [5, 5.41) is 0. The second-order valence-electron chi connectivity index (χ2n) is 8.33. The van der Waals surface area contributed by atoms with Crippen molar-refractivity contribution in [2.75, 3.05) is 20.2 Å². The molecule has 0 spiro atoms. The maximum Gasteiger partial charge on any atom is 0.326 e. The number of unbranched alkanes of at least 4 members (excludes halogenated alkanes) is 1. The molecule has 0 saturated carbocycles. The normalized spacial score (nSPS) is 12.5. The molecule has 0 atom stereocenters. The van der Waals surface area contributed by atoms with Gasteiger partial charge in [0, 0.05) is 19.2 Å². The first-order chi connectivity index (χ1) is 16.6. The van der Waals surface area contributed by atoms with Crippen LogP contribution in [0.4, 0.5) is 0 Å². The largest absolute Gasteiger partial charge is 0.465 e. The van der Waals surface area contributed by atoms with Crippen LogP contribution in [0, 0.1) is 13.8 Å². The Morgan fingerprint density at radius 2 is 1.80 bits per heavy atom. The van der Waals surface area contributed by atoms with Gasteiger partial charge in [0.25, 0.3) is 5.91 Å². The van der Waals surface area contributed by atoms with E-state index in [2.05, 4.69) is 4.99 Å². The fraction of sp³-hybridized carbons (Fsp3) is 0.400. The lowest BCUT2D eigenvalue weighted by atomic mass is 10.1. The Morgan fingerprint density at radius 1 is 1.11 bits per heavy atom. The van der Waals surface area contributed by atoms with E-state index in [0.717, 1.165) is 34.2 Å². The minimum absolute atomic E-state index is 0.0654. The number of fused-ring (bicyclic) bond motifs is 1. The third-order valence-corrected chi connectivity index (χ3v) is 8.64. The van der Waals surface area contributed by atoms with Crippen molar-refractivity contribution in [1.82, 2.24) is 8.87 Å². The van der Waals surface area contributed by atoms with E-state index in [1.807, 2.05) is 32.9 Å². The van der Waals surface area contributed by atoms with Gasteiger partial charge in [0.15, 0.2) is 4.80 Å². The molecule has 1 aromatic heterocycles. The molecule has 0 bridgehead atoms. The molecule has 0 N–H and O–H groups in total. The monoisotopic (exact) mass is 517 g/mol. The number of esters is 1. The van der Waals surface area contributed by atoms with Crippen LogP contribution < -0.4 is 4.80 Å². The Hall–Kier alpha value is -2.82. The van der Waals surface area contributed by atoms with Gasteiger partial charge < -0.3 is 9.30 Å². The lowest BCUT2D eigenvalue weighted by molar-refractivity contribution is -0.143. The lowest BCUT2D eigenvalue weighted by Crippen LogP contribution is -2.27. The van der Waals surface area contributed by atoms with Crippen molar-refractivity contribution in [3.05, 3.63) is 57.9 Å². The van der Waals surface area contributed by atoms with Gasteiger partial charge in [-0.15, -0.1) is 0 Å². The zero-order chi connectivity index (χ0) is 25.8. The molecule has 0 saturated heterocycles. The SMILES string of the molecule is CCCCN(C)S(=O)(=O)c1ccc(C(=O)N=c2sc3c(C)cc(C)cc3n2CC(=O)OCC)cc1. The van der Waals surface area contributed by atoms with Crippen LogP contribution in [-0.2, 0) is 26.1 Å². The molecular formula is C25H31N3O5S2. The number of aromatic nitrogens is 1. The van der Waals surface area contributed by atoms with E-state index in [-0.39, 0.29) is 23.6 Å². The fourth-order valence-corrected chi connectivity index (χ4v) is 5.98. The Morgan fingerprint density at radius 3 is 2.43 bits per heavy atom. The van der Waals surface area contributed by atoms with Crippen LogP contribution in [0.2, 0.25) is 0 Å². The van der Waals surface area contributed by atoms with Crippen LogP contribution in [0.15, 0.2) is 46.3 Å². The Labute approximate surface area is 209 Å². The highest BCUT2D eigenvalue weighted by molar-refractivity contribution is 7.89. The van der Waals surface area contributed by atoms with Crippen molar-refractivity contribution in [2.24, 2.45) is 4.99 Å². The van der Waals surface area contributed by atoms with Crippen LogP contribution in [0.3, 0.4) is 0 Å². The van der Waals surface area contributed by atoms with Gasteiger partial charge in [0.1, 0.15) is 6.54 Å². The van der Waals surface area contributed by atoms with E-state index in [4.69, 9.17) is 4.74 Å². The highest BCUT2D eigenvalue weighted by Gasteiger charge is 2.21. The molecule has 0 radical (unpaired) electrons. The van der Waals surface area contributed by atoms with E-state index < -0.39 is 21.9 Å². The van der Waals surface area contributed by atoms with E-state index in [0.29, 0.717) is 11.3 Å². The molecule has 188 valence electrons. The third kappa shape index (κ3) is 6.06. The Bertz CT molecular complexity index is 1400. The van der Waals surface area contributed by atoms with Crippen molar-refractivity contribution in [3.63, 3.8) is 0 Å². The summed E-state index contributed by atoms with van der Waals surface area (Å²) in [5.41, 5.74) is 3.12. The topological polar surface area (TPSA) is 98.0 Å². The molecule has 0 unspecified atom stereocenters. The molecule has 1 heterocycles. The number of carbonyl (C=O) groups is 2. The standard InChI is InChI=1S/C25H31N3O5S2/c1-6-8-13-27(5)35(31,32)20-11-9-19(10-12-20)24(30)26-25-28(16-22(29)33-7-2)21-15-17(3)14-18(4)23(21)34-25/h9-12,14-15H,6-8,13,16H2,1-5H3. The molecule has 2 aromatic carbocycles. The molecule has 3 rings (SSSR count). The van der Waals surface area contributed by atoms with Crippen LogP contribution >= 0.6 is 11.3 Å². The molecule has 35 heavy (non-hydrogen) atoms. The number of aryl methyl sites for hydroxylation is 2. The van der Waals surface area contributed by atoms with E-state index >= 15 is 0 Å². The van der Waals surface area contributed by atoms with Gasteiger partial charge in [-0.1, -0.05) is 30.7 Å². The van der Waals surface area contributed by atoms with Crippen LogP contribution in [0.5, 0.6) is 0 Å². The first-order valence-electron chi connectivity index (χ1n) is 11.5. The number of carbonyl (C=O) groups excluding carboxylic acids is 2. The van der Waals surface area contributed by atoms with Gasteiger partial charge in [0.2, 0.25) is 10.0 Å². The first kappa shape index (κ1) is 26.8. The van der Waals surface area contributed by atoms with E-state index in [1.54, 1.807) is 18.5 Å². The van der Waals surface area contributed by atoms with Gasteiger partial charge >= 0.3 is 5.97 Å². The van der Waals surface area contributed by atoms with Crippen molar-refractivity contribution in [3.8, 4) is 0 Å². The summed E-state index contributed by atoms with van der Waals surface area (Å²) in [5.74, 6) is -0.936. The second-order valence-corrected chi connectivity index (χ2v) is 11.3. The average molecular weight is 518 g/mol. The van der Waals surface area contributed by atoms with Gasteiger partial charge in [-0.25, -0.2) is 12.7 Å². The number of hydrogen-bond donors (Lipinski definition) is 0. The number of thiazole rings is 1. The average Bonchev–Trinajstić information content (AvgIpc) is 3.14. The smallest absolute Gasteiger partial charge is 0.326 e. The lowest BCUT2D eigenvalue weighted by Gasteiger charge is -2.16. The number of ether oxygens (including phenoxy) is 1. The first-order valence-corrected chi connectivity index (χ1v) is 13.8. The predicted octanol–water partition coefficient (Wildman–Crippen LogP) is 4.04. The summed E-state index contributed by atoms with van der Waals surface area (Å²) in [4.78, 5) is 30.0. The minimum atomic E-state index is -3.63. The van der Waals surface area contributed by atoms with Crippen LogP contribution in [-0.4, -0.2) is 49.4 Å². The fourth-order valence-electron chi connectivity index (χ4n) is 3.69. The van der Waals surface area contributed by atoms with Gasteiger partial charge in [-0.3, -0.25) is 9.59 Å². The molecular weight excluding hydrogens is 486 g/mol. The van der Waals surface area contributed by atoms with Crippen molar-refractivity contribution < 1.29 is 22.7 Å². The Balaban J connectivity index is 1.99. The summed E-state index contributed by atoms with van der Waals surface area (Å²) in [6, 6.07) is 9.76. The molecule has 8 nitrogen and oxygen atoms in total.